The van der Waals surface area contributed by atoms with E-state index in [-0.39, 0.29) is 17.1 Å². The monoisotopic (exact) mass is 280 g/mol. The van der Waals surface area contributed by atoms with Crippen LogP contribution in [0.1, 0.15) is 32.2 Å². The summed E-state index contributed by atoms with van der Waals surface area (Å²) < 4.78 is 36.8. The van der Waals surface area contributed by atoms with Crippen LogP contribution in [-0.2, 0) is 4.74 Å². The zero-order valence-corrected chi connectivity index (χ0v) is 10.7. The number of furan rings is 1. The predicted octanol–water partition coefficient (Wildman–Crippen LogP) is 2.88. The molecule has 0 radical (unpaired) electrons. The fourth-order valence-corrected chi connectivity index (χ4v) is 1.66. The molecule has 0 bridgehead atoms. The largest absolute Gasteiger partial charge is 0.463 e. The highest BCUT2D eigenvalue weighted by molar-refractivity contribution is 6.08. The third kappa shape index (κ3) is 2.32. The Morgan fingerprint density at radius 1 is 1.10 bits per heavy atom. The van der Waals surface area contributed by atoms with Crippen molar-refractivity contribution in [1.82, 2.24) is 0 Å². The van der Waals surface area contributed by atoms with Gasteiger partial charge in [0.15, 0.2) is 5.76 Å². The van der Waals surface area contributed by atoms with Crippen molar-refractivity contribution in [1.29, 1.82) is 0 Å². The van der Waals surface area contributed by atoms with E-state index in [1.54, 1.807) is 0 Å². The molecule has 1 aromatic heterocycles. The number of ether oxygens (including phenoxy) is 1. The molecule has 0 fully saturated rings. The third-order valence-electron chi connectivity index (χ3n) is 2.73. The normalized spacial score (nSPS) is 10.4. The average molecular weight is 280 g/mol. The first kappa shape index (κ1) is 13.9. The molecule has 0 saturated heterocycles. The maximum absolute atomic E-state index is 13.8. The fourth-order valence-electron chi connectivity index (χ4n) is 1.66. The van der Waals surface area contributed by atoms with Crippen molar-refractivity contribution in [3.05, 3.63) is 58.5 Å². The van der Waals surface area contributed by atoms with Gasteiger partial charge in [-0.15, -0.1) is 0 Å². The number of hydrogen-bond acceptors (Lipinski definition) is 4. The van der Waals surface area contributed by atoms with Crippen LogP contribution in [-0.4, -0.2) is 18.9 Å². The molecule has 0 N–H and O–H groups in total. The van der Waals surface area contributed by atoms with Crippen molar-refractivity contribution in [2.45, 2.75) is 6.92 Å². The van der Waals surface area contributed by atoms with Gasteiger partial charge in [0.25, 0.3) is 0 Å². The minimum absolute atomic E-state index is 0.134. The quantitative estimate of drug-likeness (QED) is 0.640. The Morgan fingerprint density at radius 2 is 1.75 bits per heavy atom. The molecule has 0 unspecified atom stereocenters. The smallest absolute Gasteiger partial charge is 0.373 e. The molecule has 2 rings (SSSR count). The highest BCUT2D eigenvalue weighted by Gasteiger charge is 2.24. The van der Waals surface area contributed by atoms with E-state index in [1.807, 2.05) is 0 Å². The Kier molecular flexibility index (Phi) is 3.65. The number of benzene rings is 1. The molecule has 0 saturated carbocycles. The van der Waals surface area contributed by atoms with Crippen molar-refractivity contribution < 1.29 is 27.5 Å². The van der Waals surface area contributed by atoms with Crippen LogP contribution in [0.15, 0.2) is 28.7 Å². The molecule has 104 valence electrons. The standard InChI is InChI=1S/C14H10F2O4/c1-7-3-4-8(15)11(12(7)16)13(17)9-5-6-10(20-9)14(18)19-2/h3-6H,1-2H3. The molecule has 20 heavy (non-hydrogen) atoms. The Balaban J connectivity index is 2.45. The summed E-state index contributed by atoms with van der Waals surface area (Å²) in [6.07, 6.45) is 0. The molecule has 4 nitrogen and oxygen atoms in total. The highest BCUT2D eigenvalue weighted by Crippen LogP contribution is 2.21. The minimum Gasteiger partial charge on any atom is -0.463 e. The van der Waals surface area contributed by atoms with E-state index < -0.39 is 29.0 Å². The number of carbonyl (C=O) groups excluding carboxylic acids is 2. The van der Waals surface area contributed by atoms with Crippen LogP contribution in [0.2, 0.25) is 0 Å². The van der Waals surface area contributed by atoms with E-state index in [1.165, 1.54) is 19.1 Å². The second-order valence-corrected chi connectivity index (χ2v) is 4.04. The molecule has 0 atom stereocenters. The molecular formula is C14H10F2O4. The van der Waals surface area contributed by atoms with Crippen molar-refractivity contribution in [2.75, 3.05) is 7.11 Å². The second-order valence-electron chi connectivity index (χ2n) is 4.04. The van der Waals surface area contributed by atoms with Crippen LogP contribution in [0.3, 0.4) is 0 Å². The predicted molar refractivity (Wildman–Crippen MR) is 64.6 cm³/mol. The molecule has 2 aromatic rings. The van der Waals surface area contributed by atoms with E-state index in [9.17, 15) is 18.4 Å². The lowest BCUT2D eigenvalue weighted by molar-refractivity contribution is 0.0563. The van der Waals surface area contributed by atoms with Crippen molar-refractivity contribution in [2.24, 2.45) is 0 Å². The van der Waals surface area contributed by atoms with Gasteiger partial charge in [-0.3, -0.25) is 4.79 Å². The van der Waals surface area contributed by atoms with E-state index in [0.717, 1.165) is 19.2 Å². The van der Waals surface area contributed by atoms with Crippen molar-refractivity contribution in [3.63, 3.8) is 0 Å². The lowest BCUT2D eigenvalue weighted by Crippen LogP contribution is -2.08. The van der Waals surface area contributed by atoms with Crippen LogP contribution < -0.4 is 0 Å². The number of halogens is 2. The summed E-state index contributed by atoms with van der Waals surface area (Å²) in [5.41, 5.74) is -0.578. The Morgan fingerprint density at radius 3 is 2.40 bits per heavy atom. The minimum atomic E-state index is -0.992. The van der Waals surface area contributed by atoms with Crippen molar-refractivity contribution >= 4 is 11.8 Å². The van der Waals surface area contributed by atoms with Gasteiger partial charge in [-0.25, -0.2) is 13.6 Å². The summed E-state index contributed by atoms with van der Waals surface area (Å²) in [7, 11) is 1.15. The number of hydrogen-bond donors (Lipinski definition) is 0. The van der Waals surface area contributed by atoms with Crippen LogP contribution in [0.5, 0.6) is 0 Å². The second kappa shape index (κ2) is 5.24. The van der Waals surface area contributed by atoms with Crippen LogP contribution in [0, 0.1) is 18.6 Å². The summed E-state index contributed by atoms with van der Waals surface area (Å²) >= 11 is 0. The van der Waals surface area contributed by atoms with Gasteiger partial charge < -0.3 is 9.15 Å². The lowest BCUT2D eigenvalue weighted by Gasteiger charge is -2.04. The number of carbonyl (C=O) groups is 2. The molecular weight excluding hydrogens is 270 g/mol. The molecule has 6 heteroatoms. The van der Waals surface area contributed by atoms with Crippen LogP contribution in [0.25, 0.3) is 0 Å². The molecule has 1 aromatic carbocycles. The number of ketones is 1. The van der Waals surface area contributed by atoms with Gasteiger partial charge in [0, 0.05) is 0 Å². The van der Waals surface area contributed by atoms with Gasteiger partial charge in [-0.1, -0.05) is 6.07 Å². The van der Waals surface area contributed by atoms with Gasteiger partial charge >= 0.3 is 5.97 Å². The summed E-state index contributed by atoms with van der Waals surface area (Å²) in [4.78, 5) is 23.2. The first-order valence-corrected chi connectivity index (χ1v) is 5.63. The summed E-state index contributed by atoms with van der Waals surface area (Å²) in [6, 6.07) is 4.58. The average Bonchev–Trinajstić information content (AvgIpc) is 2.92. The SMILES string of the molecule is COC(=O)c1ccc(C(=O)c2c(F)ccc(C)c2F)o1. The molecule has 0 aliphatic rings. The van der Waals surface area contributed by atoms with Gasteiger partial charge in [0.05, 0.1) is 12.7 Å². The van der Waals surface area contributed by atoms with Crippen LogP contribution in [0.4, 0.5) is 8.78 Å². The number of methoxy groups -OCH3 is 1. The Hall–Kier alpha value is -2.50. The highest BCUT2D eigenvalue weighted by atomic mass is 19.1. The lowest BCUT2D eigenvalue weighted by atomic mass is 10.0. The van der Waals surface area contributed by atoms with E-state index in [4.69, 9.17) is 4.42 Å². The van der Waals surface area contributed by atoms with Gasteiger partial charge in [-0.2, -0.15) is 0 Å². The number of esters is 1. The van der Waals surface area contributed by atoms with E-state index in [2.05, 4.69) is 4.74 Å². The maximum atomic E-state index is 13.8. The third-order valence-corrected chi connectivity index (χ3v) is 2.73. The Labute approximate surface area is 113 Å². The Bertz CT molecular complexity index is 688. The number of aryl methyl sites for hydroxylation is 1. The molecule has 0 aliphatic carbocycles. The zero-order chi connectivity index (χ0) is 14.9. The van der Waals surface area contributed by atoms with Crippen LogP contribution >= 0.6 is 0 Å². The number of rotatable bonds is 3. The molecule has 0 spiro atoms. The fraction of sp³-hybridized carbons (Fsp3) is 0.143. The van der Waals surface area contributed by atoms with Gasteiger partial charge in [-0.05, 0) is 30.7 Å². The van der Waals surface area contributed by atoms with E-state index >= 15 is 0 Å². The first-order chi connectivity index (χ1) is 9.45. The van der Waals surface area contributed by atoms with Crippen molar-refractivity contribution in [3.8, 4) is 0 Å². The molecule has 0 aliphatic heterocycles. The van der Waals surface area contributed by atoms with E-state index in [0.29, 0.717) is 0 Å². The first-order valence-electron chi connectivity index (χ1n) is 5.63. The summed E-state index contributed by atoms with van der Waals surface area (Å²) in [5.74, 6) is -4.26. The summed E-state index contributed by atoms with van der Waals surface area (Å²) in [6.45, 7) is 1.41. The van der Waals surface area contributed by atoms with Gasteiger partial charge in [0.2, 0.25) is 11.5 Å². The summed E-state index contributed by atoms with van der Waals surface area (Å²) in [5, 5.41) is 0. The zero-order valence-electron chi connectivity index (χ0n) is 10.7. The van der Waals surface area contributed by atoms with Gasteiger partial charge in [0.1, 0.15) is 11.6 Å². The maximum Gasteiger partial charge on any atom is 0.373 e. The topological polar surface area (TPSA) is 56.5 Å². The molecule has 1 heterocycles. The molecule has 0 amide bonds.